The highest BCUT2D eigenvalue weighted by Crippen LogP contribution is 2.35. The Morgan fingerprint density at radius 3 is 2.65 bits per heavy atom. The molecular formula is C21H20ClF3N4O2. The highest BCUT2D eigenvalue weighted by Gasteiger charge is 2.36. The zero-order chi connectivity index (χ0) is 22.5. The normalized spacial score (nSPS) is 18.7. The third-order valence-electron chi connectivity index (χ3n) is 5.10. The van der Waals surface area contributed by atoms with Crippen LogP contribution in [0.4, 0.5) is 18.0 Å². The van der Waals surface area contributed by atoms with Crippen LogP contribution in [-0.4, -0.2) is 32.3 Å². The van der Waals surface area contributed by atoms with E-state index in [1.54, 1.807) is 31.4 Å². The van der Waals surface area contributed by atoms with Crippen LogP contribution in [0.25, 0.3) is 11.0 Å². The number of rotatable bonds is 2. The van der Waals surface area contributed by atoms with E-state index in [1.807, 2.05) is 0 Å². The molecule has 164 valence electrons. The van der Waals surface area contributed by atoms with E-state index in [2.05, 4.69) is 15.3 Å². The monoisotopic (exact) mass is 452 g/mol. The maximum absolute atomic E-state index is 14.6. The van der Waals surface area contributed by atoms with E-state index in [-0.39, 0.29) is 23.7 Å². The maximum atomic E-state index is 14.6. The van der Waals surface area contributed by atoms with Crippen LogP contribution in [-0.2, 0) is 17.7 Å². The third-order valence-corrected chi connectivity index (χ3v) is 5.37. The van der Waals surface area contributed by atoms with Gasteiger partial charge in [0.05, 0.1) is 11.6 Å². The van der Waals surface area contributed by atoms with Crippen LogP contribution in [0.2, 0.25) is 5.15 Å². The van der Waals surface area contributed by atoms with Crippen molar-refractivity contribution in [3.63, 3.8) is 0 Å². The number of halogens is 4. The predicted molar refractivity (Wildman–Crippen MR) is 108 cm³/mol. The number of hydrogen-bond donors (Lipinski definition) is 1. The molecule has 0 bridgehead atoms. The number of benzene rings is 1. The number of pyridine rings is 1. The van der Waals surface area contributed by atoms with Crippen molar-refractivity contribution in [2.24, 2.45) is 0 Å². The first-order valence-corrected chi connectivity index (χ1v) is 10.0. The minimum Gasteiger partial charge on any atom is -0.444 e. The van der Waals surface area contributed by atoms with E-state index in [9.17, 15) is 18.0 Å². The molecule has 1 amide bonds. The highest BCUT2D eigenvalue weighted by atomic mass is 35.5. The molecule has 0 saturated carbocycles. The summed E-state index contributed by atoms with van der Waals surface area (Å²) in [6, 6.07) is 2.32. The fraction of sp³-hybridized carbons (Fsp3) is 0.381. The van der Waals surface area contributed by atoms with Gasteiger partial charge in [0.2, 0.25) is 0 Å². The fourth-order valence-electron chi connectivity index (χ4n) is 3.86. The van der Waals surface area contributed by atoms with Gasteiger partial charge in [0.25, 0.3) is 0 Å². The molecule has 10 heteroatoms. The molecule has 0 spiro atoms. The number of alkyl carbamates (subject to hydrolysis) is 1. The summed E-state index contributed by atoms with van der Waals surface area (Å²) in [6.45, 7) is 5.31. The molecule has 2 atom stereocenters. The number of hydrogen-bond acceptors (Lipinski definition) is 4. The number of carbonyl (C=O) groups is 1. The summed E-state index contributed by atoms with van der Waals surface area (Å²) in [7, 11) is 0. The summed E-state index contributed by atoms with van der Waals surface area (Å²) < 4.78 is 49.2. The van der Waals surface area contributed by atoms with Crippen molar-refractivity contribution in [1.29, 1.82) is 0 Å². The van der Waals surface area contributed by atoms with Gasteiger partial charge < -0.3 is 14.6 Å². The molecule has 1 aromatic carbocycles. The van der Waals surface area contributed by atoms with Gasteiger partial charge in [0, 0.05) is 31.1 Å². The second-order valence-corrected chi connectivity index (χ2v) is 8.82. The Kier molecular flexibility index (Phi) is 5.33. The standard InChI is InChI=1S/C21H20ClF3N4O2/c1-21(2,3)31-20(30)28-16-9-29-17(27-15-4-5-26-19(22)18(15)29)7-11(16)10-6-13(24)14(25)8-12(10)23/h4-6,8,11,16H,7,9H2,1-3H3,(H,28,30)/t11-,16+/m1/s1. The zero-order valence-electron chi connectivity index (χ0n) is 17.0. The molecule has 1 aliphatic rings. The maximum Gasteiger partial charge on any atom is 0.407 e. The topological polar surface area (TPSA) is 69.0 Å². The van der Waals surface area contributed by atoms with Gasteiger partial charge in [-0.1, -0.05) is 11.6 Å². The smallest absolute Gasteiger partial charge is 0.407 e. The Balaban J connectivity index is 1.78. The lowest BCUT2D eigenvalue weighted by molar-refractivity contribution is 0.0485. The van der Waals surface area contributed by atoms with Crippen LogP contribution in [0.5, 0.6) is 0 Å². The van der Waals surface area contributed by atoms with Crippen molar-refractivity contribution in [1.82, 2.24) is 19.9 Å². The molecule has 0 unspecified atom stereocenters. The summed E-state index contributed by atoms with van der Waals surface area (Å²) in [6.07, 6.45) is 0.975. The van der Waals surface area contributed by atoms with Gasteiger partial charge in [-0.2, -0.15) is 0 Å². The second kappa shape index (κ2) is 7.71. The van der Waals surface area contributed by atoms with Crippen molar-refractivity contribution in [2.75, 3.05) is 0 Å². The molecule has 3 aromatic rings. The number of nitrogens with one attached hydrogen (secondary N) is 1. The van der Waals surface area contributed by atoms with Crippen LogP contribution in [0.1, 0.15) is 38.1 Å². The van der Waals surface area contributed by atoms with Crippen molar-refractivity contribution in [3.05, 3.63) is 58.4 Å². The quantitative estimate of drug-likeness (QED) is 0.450. The molecule has 0 radical (unpaired) electrons. The van der Waals surface area contributed by atoms with Crippen molar-refractivity contribution in [3.8, 4) is 0 Å². The van der Waals surface area contributed by atoms with Crippen LogP contribution < -0.4 is 5.32 Å². The highest BCUT2D eigenvalue weighted by molar-refractivity contribution is 6.33. The van der Waals surface area contributed by atoms with Crippen LogP contribution in [0.3, 0.4) is 0 Å². The van der Waals surface area contributed by atoms with Gasteiger partial charge in [-0.3, -0.25) is 0 Å². The molecular weight excluding hydrogens is 433 g/mol. The number of ether oxygens (including phenoxy) is 1. The first kappa shape index (κ1) is 21.4. The number of aromatic nitrogens is 3. The number of nitrogens with zero attached hydrogens (tertiary/aromatic N) is 3. The van der Waals surface area contributed by atoms with Gasteiger partial charge in [-0.05, 0) is 38.5 Å². The molecule has 1 aliphatic heterocycles. The second-order valence-electron chi connectivity index (χ2n) is 8.46. The van der Waals surface area contributed by atoms with E-state index in [0.717, 1.165) is 6.07 Å². The van der Waals surface area contributed by atoms with E-state index >= 15 is 0 Å². The Labute approximate surface area is 181 Å². The Morgan fingerprint density at radius 1 is 1.23 bits per heavy atom. The first-order valence-electron chi connectivity index (χ1n) is 9.67. The summed E-state index contributed by atoms with van der Waals surface area (Å²) in [5.41, 5.74) is 0.376. The van der Waals surface area contributed by atoms with Crippen LogP contribution >= 0.6 is 11.6 Å². The third kappa shape index (κ3) is 4.19. The number of carbonyl (C=O) groups excluding carboxylic acids is 1. The summed E-state index contributed by atoms with van der Waals surface area (Å²) in [5.74, 6) is -3.48. The Hall–Kier alpha value is -2.81. The Morgan fingerprint density at radius 2 is 1.94 bits per heavy atom. The lowest BCUT2D eigenvalue weighted by Gasteiger charge is -2.34. The average molecular weight is 453 g/mol. The van der Waals surface area contributed by atoms with Crippen LogP contribution in [0.15, 0.2) is 24.4 Å². The van der Waals surface area contributed by atoms with Gasteiger partial charge in [0.1, 0.15) is 22.8 Å². The van der Waals surface area contributed by atoms with E-state index < -0.39 is 41.1 Å². The molecule has 0 fully saturated rings. The zero-order valence-corrected chi connectivity index (χ0v) is 17.8. The molecule has 4 rings (SSSR count). The number of fused-ring (bicyclic) bond motifs is 3. The molecule has 6 nitrogen and oxygen atoms in total. The van der Waals surface area contributed by atoms with Crippen molar-refractivity contribution < 1.29 is 22.7 Å². The first-order chi connectivity index (χ1) is 14.5. The minimum absolute atomic E-state index is 0.0533. The molecule has 0 aliphatic carbocycles. The van der Waals surface area contributed by atoms with E-state index in [1.165, 1.54) is 6.20 Å². The van der Waals surface area contributed by atoms with Gasteiger partial charge in [0.15, 0.2) is 16.8 Å². The summed E-state index contributed by atoms with van der Waals surface area (Å²) in [4.78, 5) is 21.1. The fourth-order valence-corrected chi connectivity index (χ4v) is 4.11. The molecule has 31 heavy (non-hydrogen) atoms. The molecule has 1 N–H and O–H groups in total. The Bertz CT molecular complexity index is 1180. The van der Waals surface area contributed by atoms with E-state index in [4.69, 9.17) is 16.3 Å². The van der Waals surface area contributed by atoms with Crippen molar-refractivity contribution >= 4 is 28.7 Å². The number of amides is 1. The summed E-state index contributed by atoms with van der Waals surface area (Å²) >= 11 is 6.26. The average Bonchev–Trinajstić information content (AvgIpc) is 3.01. The lowest BCUT2D eigenvalue weighted by Crippen LogP contribution is -2.47. The van der Waals surface area contributed by atoms with Gasteiger partial charge in [-0.25, -0.2) is 27.9 Å². The largest absolute Gasteiger partial charge is 0.444 e. The minimum atomic E-state index is -1.28. The predicted octanol–water partition coefficient (Wildman–Crippen LogP) is 4.74. The van der Waals surface area contributed by atoms with Gasteiger partial charge in [-0.15, -0.1) is 0 Å². The van der Waals surface area contributed by atoms with Crippen molar-refractivity contribution in [2.45, 2.75) is 51.3 Å². The SMILES string of the molecule is CC(C)(C)OC(=O)N[C@H]1Cn2c(nc3ccnc(Cl)c32)C[C@@H]1c1cc(F)c(F)cc1F. The number of imidazole rings is 1. The molecule has 0 saturated heterocycles. The lowest BCUT2D eigenvalue weighted by atomic mass is 9.85. The van der Waals surface area contributed by atoms with Crippen LogP contribution in [0, 0.1) is 17.5 Å². The molecule has 2 aromatic heterocycles. The summed E-state index contributed by atoms with van der Waals surface area (Å²) in [5, 5.41) is 2.98. The van der Waals surface area contributed by atoms with Gasteiger partial charge >= 0.3 is 6.09 Å². The van der Waals surface area contributed by atoms with E-state index in [0.29, 0.717) is 22.9 Å². The molecule has 3 heterocycles.